The maximum absolute atomic E-state index is 6.33. The molecular weight excluding hydrogens is 336 g/mol. The van der Waals surface area contributed by atoms with Gasteiger partial charge in [-0.2, -0.15) is 0 Å². The lowest BCUT2D eigenvalue weighted by Gasteiger charge is -2.39. The molecule has 3 aliphatic rings. The van der Waals surface area contributed by atoms with Crippen molar-refractivity contribution in [2.75, 3.05) is 31.2 Å². The number of hydrogen-bond acceptors (Lipinski definition) is 4. The number of anilines is 1. The van der Waals surface area contributed by atoms with Crippen molar-refractivity contribution in [3.05, 3.63) is 35.1 Å². The van der Waals surface area contributed by atoms with Crippen LogP contribution in [0.25, 0.3) is 10.8 Å². The summed E-state index contributed by atoms with van der Waals surface area (Å²) in [5.74, 6) is 0.442. The number of benzene rings is 1. The fourth-order valence-corrected chi connectivity index (χ4v) is 4.94. The van der Waals surface area contributed by atoms with Gasteiger partial charge < -0.3 is 14.4 Å². The summed E-state index contributed by atoms with van der Waals surface area (Å²) in [5.41, 5.74) is 2.64. The van der Waals surface area contributed by atoms with Gasteiger partial charge in [-0.25, -0.2) is 4.98 Å². The maximum Gasteiger partial charge on any atom is 0.168 e. The number of pyridine rings is 1. The van der Waals surface area contributed by atoms with Gasteiger partial charge in [-0.15, -0.1) is 0 Å². The van der Waals surface area contributed by atoms with Crippen LogP contribution in [0.5, 0.6) is 0 Å². The second-order valence-corrected chi connectivity index (χ2v) is 7.88. The van der Waals surface area contributed by atoms with Gasteiger partial charge in [-0.1, -0.05) is 23.7 Å². The van der Waals surface area contributed by atoms with Gasteiger partial charge in [0.15, 0.2) is 5.79 Å². The molecule has 1 spiro atoms. The van der Waals surface area contributed by atoms with Gasteiger partial charge in [0.05, 0.1) is 13.2 Å². The fourth-order valence-electron chi connectivity index (χ4n) is 4.73. The van der Waals surface area contributed by atoms with Crippen molar-refractivity contribution in [2.45, 2.75) is 37.9 Å². The van der Waals surface area contributed by atoms with Crippen LogP contribution in [0, 0.1) is 5.92 Å². The van der Waals surface area contributed by atoms with Gasteiger partial charge in [-0.3, -0.25) is 0 Å². The first-order chi connectivity index (χ1) is 12.2. The summed E-state index contributed by atoms with van der Waals surface area (Å²) in [6, 6.07) is 6.42. The molecule has 0 radical (unpaired) electrons. The Morgan fingerprint density at radius 1 is 1.20 bits per heavy atom. The molecule has 3 heterocycles. The first-order valence-corrected chi connectivity index (χ1v) is 9.71. The van der Waals surface area contributed by atoms with Crippen LogP contribution < -0.4 is 4.90 Å². The Balaban J connectivity index is 1.37. The number of ether oxygens (including phenoxy) is 2. The molecule has 1 aromatic heterocycles. The van der Waals surface area contributed by atoms with E-state index in [9.17, 15) is 0 Å². The lowest BCUT2D eigenvalue weighted by atomic mass is 9.84. The molecule has 5 heteroatoms. The van der Waals surface area contributed by atoms with Crippen LogP contribution in [0.4, 0.5) is 5.69 Å². The fraction of sp³-hybridized carbons (Fsp3) is 0.550. The van der Waals surface area contributed by atoms with Crippen molar-refractivity contribution in [3.8, 4) is 0 Å². The molecule has 2 fully saturated rings. The molecule has 0 atom stereocenters. The summed E-state index contributed by atoms with van der Waals surface area (Å²) in [5, 5.41) is 2.98. The van der Waals surface area contributed by atoms with E-state index in [4.69, 9.17) is 21.1 Å². The molecule has 1 saturated carbocycles. The van der Waals surface area contributed by atoms with E-state index in [0.717, 1.165) is 51.0 Å². The Bertz CT molecular complexity index is 794. The third kappa shape index (κ3) is 2.71. The van der Waals surface area contributed by atoms with E-state index < -0.39 is 0 Å². The molecular formula is C20H23ClN2O2. The zero-order chi connectivity index (χ0) is 16.9. The van der Waals surface area contributed by atoms with E-state index >= 15 is 0 Å². The first kappa shape index (κ1) is 15.9. The van der Waals surface area contributed by atoms with Gasteiger partial charge in [0.25, 0.3) is 0 Å². The summed E-state index contributed by atoms with van der Waals surface area (Å²) in [6.45, 7) is 3.67. The molecule has 2 aliphatic heterocycles. The molecule has 0 unspecified atom stereocenters. The highest BCUT2D eigenvalue weighted by Crippen LogP contribution is 2.41. The Hall–Kier alpha value is -1.36. The van der Waals surface area contributed by atoms with Crippen LogP contribution in [0.1, 0.15) is 31.2 Å². The van der Waals surface area contributed by atoms with Crippen molar-refractivity contribution in [2.24, 2.45) is 5.92 Å². The monoisotopic (exact) mass is 358 g/mol. The van der Waals surface area contributed by atoms with Crippen LogP contribution in [0.3, 0.4) is 0 Å². The Kier molecular flexibility index (Phi) is 3.88. The molecule has 0 amide bonds. The highest BCUT2D eigenvalue weighted by molar-refractivity contribution is 6.34. The van der Waals surface area contributed by atoms with E-state index in [1.54, 1.807) is 0 Å². The van der Waals surface area contributed by atoms with Crippen molar-refractivity contribution in [1.29, 1.82) is 0 Å². The zero-order valence-corrected chi connectivity index (χ0v) is 15.1. The minimum absolute atomic E-state index is 0.260. The number of rotatable bonds is 2. The van der Waals surface area contributed by atoms with Crippen molar-refractivity contribution >= 4 is 28.1 Å². The van der Waals surface area contributed by atoms with Crippen molar-refractivity contribution < 1.29 is 9.47 Å². The third-order valence-corrected chi connectivity index (χ3v) is 6.37. The average molecular weight is 359 g/mol. The SMILES string of the molecule is Clc1ncc2c3c(cccc13)N(CC1CCC3(CC1)OCCO3)CC2. The Morgan fingerprint density at radius 3 is 2.80 bits per heavy atom. The summed E-state index contributed by atoms with van der Waals surface area (Å²) in [6.07, 6.45) is 7.40. The second-order valence-electron chi connectivity index (χ2n) is 7.52. The van der Waals surface area contributed by atoms with Crippen LogP contribution in [-0.2, 0) is 15.9 Å². The molecule has 2 aromatic rings. The predicted molar refractivity (Wildman–Crippen MR) is 99.3 cm³/mol. The van der Waals surface area contributed by atoms with Crippen molar-refractivity contribution in [1.82, 2.24) is 4.98 Å². The van der Waals surface area contributed by atoms with E-state index in [2.05, 4.69) is 28.1 Å². The molecule has 1 aromatic carbocycles. The molecule has 25 heavy (non-hydrogen) atoms. The van der Waals surface area contributed by atoms with Crippen LogP contribution in [0.15, 0.2) is 24.4 Å². The normalized spacial score (nSPS) is 22.8. The number of aromatic nitrogens is 1. The van der Waals surface area contributed by atoms with E-state index in [1.165, 1.54) is 29.5 Å². The molecule has 1 saturated heterocycles. The predicted octanol–water partition coefficient (Wildman–Crippen LogP) is 4.18. The smallest absolute Gasteiger partial charge is 0.168 e. The second kappa shape index (κ2) is 6.11. The zero-order valence-electron chi connectivity index (χ0n) is 14.3. The highest BCUT2D eigenvalue weighted by Gasteiger charge is 2.40. The van der Waals surface area contributed by atoms with Gasteiger partial charge in [0, 0.05) is 48.6 Å². The van der Waals surface area contributed by atoms with Crippen molar-refractivity contribution in [3.63, 3.8) is 0 Å². The Morgan fingerprint density at radius 2 is 2.00 bits per heavy atom. The number of hydrogen-bond donors (Lipinski definition) is 0. The number of halogens is 1. The lowest BCUT2D eigenvalue weighted by Crippen LogP contribution is -2.40. The quantitative estimate of drug-likeness (QED) is 0.754. The topological polar surface area (TPSA) is 34.6 Å². The van der Waals surface area contributed by atoms with E-state index in [0.29, 0.717) is 11.1 Å². The summed E-state index contributed by atoms with van der Waals surface area (Å²) >= 11 is 6.33. The van der Waals surface area contributed by atoms with E-state index in [1.807, 2.05) is 6.20 Å². The van der Waals surface area contributed by atoms with Gasteiger partial charge in [0.1, 0.15) is 5.15 Å². The van der Waals surface area contributed by atoms with Gasteiger partial charge in [0.2, 0.25) is 0 Å². The van der Waals surface area contributed by atoms with Crippen LogP contribution in [0.2, 0.25) is 5.15 Å². The largest absolute Gasteiger partial charge is 0.370 e. The molecule has 5 rings (SSSR count). The van der Waals surface area contributed by atoms with E-state index in [-0.39, 0.29) is 5.79 Å². The molecule has 4 nitrogen and oxygen atoms in total. The summed E-state index contributed by atoms with van der Waals surface area (Å²) in [7, 11) is 0. The number of nitrogens with zero attached hydrogens (tertiary/aromatic N) is 2. The molecule has 0 bridgehead atoms. The molecule has 0 N–H and O–H groups in total. The minimum Gasteiger partial charge on any atom is -0.370 e. The third-order valence-electron chi connectivity index (χ3n) is 6.07. The van der Waals surface area contributed by atoms with Gasteiger partial charge >= 0.3 is 0 Å². The minimum atomic E-state index is -0.260. The lowest BCUT2D eigenvalue weighted by molar-refractivity contribution is -0.182. The first-order valence-electron chi connectivity index (χ1n) is 9.33. The van der Waals surface area contributed by atoms with Gasteiger partial charge in [-0.05, 0) is 36.8 Å². The highest BCUT2D eigenvalue weighted by atomic mass is 35.5. The van der Waals surface area contributed by atoms with Crippen LogP contribution in [-0.4, -0.2) is 37.1 Å². The summed E-state index contributed by atoms with van der Waals surface area (Å²) < 4.78 is 11.7. The standard InChI is InChI=1S/C20H23ClN2O2/c21-19-16-2-1-3-17-18(16)15(12-22-19)6-9-23(17)13-14-4-7-20(8-5-14)24-10-11-25-20/h1-3,12,14H,4-11,13H2. The average Bonchev–Trinajstić information content (AvgIpc) is 3.10. The molecule has 132 valence electrons. The maximum atomic E-state index is 6.33. The van der Waals surface area contributed by atoms with Crippen LogP contribution >= 0.6 is 11.6 Å². The summed E-state index contributed by atoms with van der Waals surface area (Å²) in [4.78, 5) is 6.90. The Labute approximate surface area is 153 Å². The molecule has 1 aliphatic carbocycles.